The van der Waals surface area contributed by atoms with Crippen molar-refractivity contribution in [2.45, 2.75) is 18.3 Å². The Morgan fingerprint density at radius 1 is 1.19 bits per heavy atom. The second kappa shape index (κ2) is 6.80. The van der Waals surface area contributed by atoms with Crippen LogP contribution < -0.4 is 4.74 Å². The number of hydrogen-bond donors (Lipinski definition) is 0. The van der Waals surface area contributed by atoms with E-state index in [-0.39, 0.29) is 5.16 Å². The van der Waals surface area contributed by atoms with Gasteiger partial charge in [0.05, 0.1) is 6.61 Å². The summed E-state index contributed by atoms with van der Waals surface area (Å²) in [6.07, 6.45) is -3.34. The van der Waals surface area contributed by atoms with Crippen molar-refractivity contribution in [3.8, 4) is 5.75 Å². The van der Waals surface area contributed by atoms with Crippen molar-refractivity contribution >= 4 is 11.8 Å². The Hall–Kier alpha value is -1.76. The number of para-hydroxylation sites is 1. The lowest BCUT2D eigenvalue weighted by Gasteiger charge is -2.09. The Bertz CT molecular complexity index is 605. The number of aryl methyl sites for hydroxylation is 1. The highest BCUT2D eigenvalue weighted by molar-refractivity contribution is 7.99. The van der Waals surface area contributed by atoms with E-state index in [1.54, 1.807) is 0 Å². The molecule has 0 radical (unpaired) electrons. The third kappa shape index (κ3) is 4.63. The van der Waals surface area contributed by atoms with Crippen LogP contribution >= 0.6 is 11.8 Å². The van der Waals surface area contributed by atoms with Crippen molar-refractivity contribution in [2.75, 3.05) is 12.4 Å². The maximum absolute atomic E-state index is 12.5. The van der Waals surface area contributed by atoms with E-state index in [9.17, 15) is 13.2 Å². The van der Waals surface area contributed by atoms with Gasteiger partial charge in [-0.1, -0.05) is 30.0 Å². The van der Waals surface area contributed by atoms with Crippen LogP contribution in [0.4, 0.5) is 13.2 Å². The van der Waals surface area contributed by atoms with Crippen LogP contribution in [0.1, 0.15) is 11.3 Å². The normalized spacial score (nSPS) is 11.4. The number of thioether (sulfide) groups is 1. The molecule has 0 aliphatic carbocycles. The number of ether oxygens (including phenoxy) is 1. The average molecular weight is 314 g/mol. The summed E-state index contributed by atoms with van der Waals surface area (Å²) in [7, 11) is 0. The SMILES string of the molecule is Cc1ccccc1OCCSc1nccc(C(F)(F)F)n1. The summed E-state index contributed by atoms with van der Waals surface area (Å²) in [6.45, 7) is 2.30. The van der Waals surface area contributed by atoms with Crippen molar-refractivity contribution < 1.29 is 17.9 Å². The van der Waals surface area contributed by atoms with Gasteiger partial charge in [0.15, 0.2) is 5.16 Å². The monoisotopic (exact) mass is 314 g/mol. The molecule has 0 amide bonds. The van der Waals surface area contributed by atoms with E-state index in [0.717, 1.165) is 35.3 Å². The summed E-state index contributed by atoms with van der Waals surface area (Å²) < 4.78 is 43.1. The standard InChI is InChI=1S/C14H13F3N2OS/c1-10-4-2-3-5-11(10)20-8-9-21-13-18-7-6-12(19-13)14(15,16)17/h2-7H,8-9H2,1H3. The fourth-order valence-electron chi connectivity index (χ4n) is 1.57. The van der Waals surface area contributed by atoms with Crippen LogP contribution in [-0.2, 0) is 6.18 Å². The first-order valence-electron chi connectivity index (χ1n) is 6.18. The third-order valence-corrected chi connectivity index (χ3v) is 3.42. The summed E-state index contributed by atoms with van der Waals surface area (Å²) in [5.74, 6) is 1.23. The van der Waals surface area contributed by atoms with Crippen molar-refractivity contribution in [3.63, 3.8) is 0 Å². The molecule has 112 valence electrons. The highest BCUT2D eigenvalue weighted by atomic mass is 32.2. The quantitative estimate of drug-likeness (QED) is 0.475. The Balaban J connectivity index is 1.85. The minimum Gasteiger partial charge on any atom is -0.492 e. The van der Waals surface area contributed by atoms with Gasteiger partial charge in [-0.2, -0.15) is 13.2 Å². The van der Waals surface area contributed by atoms with Gasteiger partial charge in [-0.3, -0.25) is 0 Å². The molecule has 2 rings (SSSR count). The van der Waals surface area contributed by atoms with Gasteiger partial charge in [0.1, 0.15) is 11.4 Å². The number of aromatic nitrogens is 2. The van der Waals surface area contributed by atoms with Crippen molar-refractivity contribution in [3.05, 3.63) is 47.8 Å². The molecule has 0 N–H and O–H groups in total. The van der Waals surface area contributed by atoms with Crippen LogP contribution in [0.15, 0.2) is 41.7 Å². The van der Waals surface area contributed by atoms with E-state index in [2.05, 4.69) is 9.97 Å². The third-order valence-electron chi connectivity index (χ3n) is 2.59. The summed E-state index contributed by atoms with van der Waals surface area (Å²) in [6, 6.07) is 8.41. The van der Waals surface area contributed by atoms with Gasteiger partial charge in [0.25, 0.3) is 0 Å². The minimum atomic E-state index is -4.45. The molecule has 2 aromatic rings. The lowest BCUT2D eigenvalue weighted by molar-refractivity contribution is -0.141. The molecule has 3 nitrogen and oxygen atoms in total. The van der Waals surface area contributed by atoms with Crippen molar-refractivity contribution in [1.29, 1.82) is 0 Å². The summed E-state index contributed by atoms with van der Waals surface area (Å²) >= 11 is 1.13. The number of alkyl halides is 3. The highest BCUT2D eigenvalue weighted by Crippen LogP contribution is 2.28. The molecule has 1 aromatic heterocycles. The smallest absolute Gasteiger partial charge is 0.433 e. The second-order valence-electron chi connectivity index (χ2n) is 4.18. The summed E-state index contributed by atoms with van der Waals surface area (Å²) in [5, 5.41) is 0.0956. The van der Waals surface area contributed by atoms with E-state index < -0.39 is 11.9 Å². The minimum absolute atomic E-state index is 0.0956. The fourth-order valence-corrected chi connectivity index (χ4v) is 2.22. The number of rotatable bonds is 5. The molecule has 1 heterocycles. The van der Waals surface area contributed by atoms with E-state index >= 15 is 0 Å². The molecule has 0 bridgehead atoms. The maximum atomic E-state index is 12.5. The number of benzene rings is 1. The summed E-state index contributed by atoms with van der Waals surface area (Å²) in [4.78, 5) is 7.29. The predicted molar refractivity (Wildman–Crippen MR) is 74.4 cm³/mol. The van der Waals surface area contributed by atoms with Gasteiger partial charge in [0, 0.05) is 11.9 Å². The van der Waals surface area contributed by atoms with Crippen molar-refractivity contribution in [2.24, 2.45) is 0 Å². The van der Waals surface area contributed by atoms with Crippen LogP contribution in [0.2, 0.25) is 0 Å². The van der Waals surface area contributed by atoms with Crippen molar-refractivity contribution in [1.82, 2.24) is 9.97 Å². The van der Waals surface area contributed by atoms with Gasteiger partial charge >= 0.3 is 6.18 Å². The number of nitrogens with zero attached hydrogens (tertiary/aromatic N) is 2. The Kier molecular flexibility index (Phi) is 5.06. The van der Waals surface area contributed by atoms with Crippen LogP contribution in [-0.4, -0.2) is 22.3 Å². The first-order chi connectivity index (χ1) is 9.97. The average Bonchev–Trinajstić information content (AvgIpc) is 2.45. The zero-order valence-electron chi connectivity index (χ0n) is 11.2. The molecule has 0 aliphatic heterocycles. The highest BCUT2D eigenvalue weighted by Gasteiger charge is 2.32. The maximum Gasteiger partial charge on any atom is 0.433 e. The number of hydrogen-bond acceptors (Lipinski definition) is 4. The molecule has 0 atom stereocenters. The second-order valence-corrected chi connectivity index (χ2v) is 5.25. The van der Waals surface area contributed by atoms with Gasteiger partial charge in [0.2, 0.25) is 0 Å². The lowest BCUT2D eigenvalue weighted by atomic mass is 10.2. The molecule has 0 aliphatic rings. The zero-order chi connectivity index (χ0) is 15.3. The zero-order valence-corrected chi connectivity index (χ0v) is 12.0. The first kappa shape index (κ1) is 15.6. The Labute approximate surface area is 124 Å². The fraction of sp³-hybridized carbons (Fsp3) is 0.286. The molecule has 0 saturated heterocycles. The molecule has 0 saturated carbocycles. The molecule has 21 heavy (non-hydrogen) atoms. The Morgan fingerprint density at radius 3 is 2.67 bits per heavy atom. The van der Waals surface area contributed by atoms with Crippen LogP contribution in [0.5, 0.6) is 5.75 Å². The van der Waals surface area contributed by atoms with Gasteiger partial charge in [-0.15, -0.1) is 0 Å². The molecular weight excluding hydrogens is 301 g/mol. The predicted octanol–water partition coefficient (Wildman–Crippen LogP) is 3.97. The van der Waals surface area contributed by atoms with Crippen LogP contribution in [0.3, 0.4) is 0 Å². The topological polar surface area (TPSA) is 35.0 Å². The molecule has 0 spiro atoms. The molecule has 0 fully saturated rings. The molecule has 7 heteroatoms. The first-order valence-corrected chi connectivity index (χ1v) is 7.17. The van der Waals surface area contributed by atoms with Gasteiger partial charge < -0.3 is 4.74 Å². The van der Waals surface area contributed by atoms with Gasteiger partial charge in [-0.25, -0.2) is 9.97 Å². The van der Waals surface area contributed by atoms with Crippen LogP contribution in [0, 0.1) is 6.92 Å². The molecule has 1 aromatic carbocycles. The number of halogens is 3. The van der Waals surface area contributed by atoms with E-state index in [4.69, 9.17) is 4.74 Å². The summed E-state index contributed by atoms with van der Waals surface area (Å²) in [5.41, 5.74) is 0.0811. The largest absolute Gasteiger partial charge is 0.492 e. The van der Waals surface area contributed by atoms with Crippen LogP contribution in [0.25, 0.3) is 0 Å². The lowest BCUT2D eigenvalue weighted by Crippen LogP contribution is -2.09. The van der Waals surface area contributed by atoms with E-state index in [1.807, 2.05) is 31.2 Å². The van der Waals surface area contributed by atoms with Gasteiger partial charge in [-0.05, 0) is 24.6 Å². The van der Waals surface area contributed by atoms with E-state index in [1.165, 1.54) is 0 Å². The van der Waals surface area contributed by atoms with E-state index in [0.29, 0.717) is 12.4 Å². The molecule has 0 unspecified atom stereocenters. The molecular formula is C14H13F3N2OS. The Morgan fingerprint density at radius 2 is 1.95 bits per heavy atom.